The third-order valence-corrected chi connectivity index (χ3v) is 3.80. The molecule has 110 valence electrons. The van der Waals surface area contributed by atoms with Crippen molar-refractivity contribution in [1.82, 2.24) is 4.90 Å². The summed E-state index contributed by atoms with van der Waals surface area (Å²) in [6.45, 7) is 0.724. The third kappa shape index (κ3) is 6.31. The number of aliphatic hydroxyl groups excluding tert-OH is 1. The van der Waals surface area contributed by atoms with Gasteiger partial charge in [-0.25, -0.2) is 0 Å². The molecule has 1 amide bonds. The van der Waals surface area contributed by atoms with Gasteiger partial charge in [0.2, 0.25) is 5.91 Å². The molecule has 0 heterocycles. The second-order valence-electron chi connectivity index (χ2n) is 4.29. The van der Waals surface area contributed by atoms with Crippen LogP contribution in [0.2, 0.25) is 0 Å². The lowest BCUT2D eigenvalue weighted by atomic mass is 10.2. The summed E-state index contributed by atoms with van der Waals surface area (Å²) in [5, 5.41) is 26.2. The number of benzene rings is 1. The Labute approximate surface area is 128 Å². The van der Waals surface area contributed by atoms with Crippen molar-refractivity contribution in [2.75, 3.05) is 18.8 Å². The number of hydrogen-bond donors (Lipinski definition) is 1. The van der Waals surface area contributed by atoms with Gasteiger partial charge in [-0.3, -0.25) is 4.79 Å². The molecule has 5 nitrogen and oxygen atoms in total. The molecule has 21 heavy (non-hydrogen) atoms. The molecule has 0 spiro atoms. The summed E-state index contributed by atoms with van der Waals surface area (Å²) < 4.78 is 0. The van der Waals surface area contributed by atoms with Crippen molar-refractivity contribution in [2.45, 2.75) is 24.3 Å². The topological polar surface area (TPSA) is 88.1 Å². The van der Waals surface area contributed by atoms with Gasteiger partial charge in [-0.15, -0.1) is 11.8 Å². The molecule has 1 N–H and O–H groups in total. The Morgan fingerprint density at radius 1 is 1.14 bits per heavy atom. The molecular weight excluding hydrogens is 286 g/mol. The van der Waals surface area contributed by atoms with Gasteiger partial charge in [0.15, 0.2) is 0 Å². The van der Waals surface area contributed by atoms with Crippen molar-refractivity contribution in [1.29, 1.82) is 10.5 Å². The van der Waals surface area contributed by atoms with Crippen LogP contribution in [-0.4, -0.2) is 34.8 Å². The number of amides is 1. The van der Waals surface area contributed by atoms with E-state index in [4.69, 9.17) is 15.6 Å². The Hall–Kier alpha value is -2.02. The molecule has 0 aliphatic heterocycles. The molecule has 0 atom stereocenters. The predicted molar refractivity (Wildman–Crippen MR) is 80.1 cm³/mol. The van der Waals surface area contributed by atoms with Crippen molar-refractivity contribution in [3.05, 3.63) is 29.8 Å². The van der Waals surface area contributed by atoms with Crippen LogP contribution in [0.4, 0.5) is 0 Å². The fourth-order valence-corrected chi connectivity index (χ4v) is 2.46. The highest BCUT2D eigenvalue weighted by molar-refractivity contribution is 8.00. The number of thioether (sulfide) groups is 1. The number of aliphatic hydroxyl groups is 1. The van der Waals surface area contributed by atoms with Crippen LogP contribution in [0.25, 0.3) is 0 Å². The van der Waals surface area contributed by atoms with E-state index in [2.05, 4.69) is 0 Å². The number of nitrogens with zero attached hydrogens (tertiary/aromatic N) is 3. The van der Waals surface area contributed by atoms with E-state index in [1.807, 2.05) is 36.4 Å². The highest BCUT2D eigenvalue weighted by Gasteiger charge is 2.13. The van der Waals surface area contributed by atoms with Crippen molar-refractivity contribution in [3.8, 4) is 12.1 Å². The fourth-order valence-electron chi connectivity index (χ4n) is 1.66. The monoisotopic (exact) mass is 303 g/mol. The SMILES string of the molecule is N#CCCN(CCC#N)C(=O)CSc1ccc(CO)cc1. The first kappa shape index (κ1) is 17.0. The number of hydrogen-bond acceptors (Lipinski definition) is 5. The zero-order chi connectivity index (χ0) is 15.5. The maximum absolute atomic E-state index is 12.1. The largest absolute Gasteiger partial charge is 0.392 e. The summed E-state index contributed by atoms with van der Waals surface area (Å²) in [5.41, 5.74) is 0.829. The minimum Gasteiger partial charge on any atom is -0.392 e. The van der Waals surface area contributed by atoms with Crippen LogP contribution in [0.3, 0.4) is 0 Å². The van der Waals surface area contributed by atoms with Crippen molar-refractivity contribution >= 4 is 17.7 Å². The molecule has 0 saturated heterocycles. The van der Waals surface area contributed by atoms with Gasteiger partial charge in [0, 0.05) is 18.0 Å². The number of carbonyl (C=O) groups is 1. The second kappa shape index (κ2) is 9.82. The van der Waals surface area contributed by atoms with E-state index in [9.17, 15) is 4.79 Å². The molecule has 0 bridgehead atoms. The van der Waals surface area contributed by atoms with Gasteiger partial charge in [0.1, 0.15) is 0 Å². The first-order chi connectivity index (χ1) is 10.2. The molecule has 6 heteroatoms. The Bertz CT molecular complexity index is 513. The Morgan fingerprint density at radius 2 is 1.71 bits per heavy atom. The minimum absolute atomic E-state index is 0.0000253. The molecule has 1 aromatic rings. The van der Waals surface area contributed by atoms with E-state index in [1.54, 1.807) is 4.90 Å². The lowest BCUT2D eigenvalue weighted by Crippen LogP contribution is -2.34. The first-order valence-electron chi connectivity index (χ1n) is 6.55. The number of nitriles is 2. The van der Waals surface area contributed by atoms with Crippen molar-refractivity contribution in [2.24, 2.45) is 0 Å². The molecule has 1 rings (SSSR count). The quantitative estimate of drug-likeness (QED) is 0.741. The molecule has 0 unspecified atom stereocenters. The maximum Gasteiger partial charge on any atom is 0.232 e. The Balaban J connectivity index is 2.51. The molecule has 0 radical (unpaired) electrons. The van der Waals surface area contributed by atoms with E-state index in [0.717, 1.165) is 10.5 Å². The highest BCUT2D eigenvalue weighted by atomic mass is 32.2. The molecule has 0 aliphatic carbocycles. The van der Waals surface area contributed by atoms with Crippen molar-refractivity contribution in [3.63, 3.8) is 0 Å². The summed E-state index contributed by atoms with van der Waals surface area (Å²) in [6, 6.07) is 11.4. The molecule has 0 aliphatic rings. The lowest BCUT2D eigenvalue weighted by molar-refractivity contribution is -0.128. The average Bonchev–Trinajstić information content (AvgIpc) is 2.53. The standard InChI is InChI=1S/C15H17N3O2S/c16-7-1-9-18(10-2-8-17)15(20)12-21-14-5-3-13(11-19)4-6-14/h3-6,19H,1-2,9-12H2. The van der Waals surface area contributed by atoms with Gasteiger partial charge >= 0.3 is 0 Å². The van der Waals surface area contributed by atoms with Gasteiger partial charge in [-0.1, -0.05) is 12.1 Å². The highest BCUT2D eigenvalue weighted by Crippen LogP contribution is 2.19. The second-order valence-corrected chi connectivity index (χ2v) is 5.34. The van der Waals surface area contributed by atoms with Crippen LogP contribution in [0.5, 0.6) is 0 Å². The van der Waals surface area contributed by atoms with Gasteiger partial charge in [0.25, 0.3) is 0 Å². The summed E-state index contributed by atoms with van der Waals surface area (Å²) in [5.74, 6) is 0.201. The summed E-state index contributed by atoms with van der Waals surface area (Å²) in [6.07, 6.45) is 0.542. The van der Waals surface area contributed by atoms with Crippen LogP contribution in [0.15, 0.2) is 29.2 Å². The van der Waals surface area contributed by atoms with E-state index in [-0.39, 0.29) is 31.1 Å². The van der Waals surface area contributed by atoms with Gasteiger partial charge in [0.05, 0.1) is 37.3 Å². The van der Waals surface area contributed by atoms with Crippen LogP contribution >= 0.6 is 11.8 Å². The van der Waals surface area contributed by atoms with E-state index >= 15 is 0 Å². The van der Waals surface area contributed by atoms with Gasteiger partial charge in [-0.2, -0.15) is 10.5 Å². The Kier molecular flexibility index (Phi) is 7.96. The third-order valence-electron chi connectivity index (χ3n) is 2.81. The van der Waals surface area contributed by atoms with Gasteiger partial charge < -0.3 is 10.0 Å². The predicted octanol–water partition coefficient (Wildman–Crippen LogP) is 1.93. The summed E-state index contributed by atoms with van der Waals surface area (Å²) >= 11 is 1.40. The van der Waals surface area contributed by atoms with E-state index < -0.39 is 0 Å². The van der Waals surface area contributed by atoms with Crippen LogP contribution in [-0.2, 0) is 11.4 Å². The molecule has 1 aromatic carbocycles. The average molecular weight is 303 g/mol. The zero-order valence-electron chi connectivity index (χ0n) is 11.7. The molecular formula is C15H17N3O2S. The molecule has 0 aromatic heterocycles. The lowest BCUT2D eigenvalue weighted by Gasteiger charge is -2.20. The summed E-state index contributed by atoms with van der Waals surface area (Å²) in [4.78, 5) is 14.6. The Morgan fingerprint density at radius 3 is 2.19 bits per heavy atom. The molecule has 0 fully saturated rings. The van der Waals surface area contributed by atoms with Crippen LogP contribution < -0.4 is 0 Å². The van der Waals surface area contributed by atoms with E-state index in [0.29, 0.717) is 13.1 Å². The number of rotatable bonds is 8. The number of carbonyl (C=O) groups excluding carboxylic acids is 1. The van der Waals surface area contributed by atoms with Gasteiger partial charge in [-0.05, 0) is 17.7 Å². The minimum atomic E-state index is -0.0725. The van der Waals surface area contributed by atoms with Crippen molar-refractivity contribution < 1.29 is 9.90 Å². The van der Waals surface area contributed by atoms with Crippen LogP contribution in [0.1, 0.15) is 18.4 Å². The molecule has 0 saturated carbocycles. The normalized spacial score (nSPS) is 9.67. The van der Waals surface area contributed by atoms with E-state index in [1.165, 1.54) is 11.8 Å². The smallest absolute Gasteiger partial charge is 0.232 e. The van der Waals surface area contributed by atoms with Crippen LogP contribution in [0, 0.1) is 22.7 Å². The zero-order valence-corrected chi connectivity index (χ0v) is 12.5. The maximum atomic E-state index is 12.1. The fraction of sp³-hybridized carbons (Fsp3) is 0.400. The summed E-state index contributed by atoms with van der Waals surface area (Å²) in [7, 11) is 0. The first-order valence-corrected chi connectivity index (χ1v) is 7.54.